The fraction of sp³-hybridized carbons (Fsp3) is 0.467. The lowest BCUT2D eigenvalue weighted by Crippen LogP contribution is -2.43. The lowest BCUT2D eigenvalue weighted by atomic mass is 10.2. The number of carbonyl (C=O) groups is 2. The summed E-state index contributed by atoms with van der Waals surface area (Å²) in [5.41, 5.74) is 1.14. The summed E-state index contributed by atoms with van der Waals surface area (Å²) in [7, 11) is 0. The maximum Gasteiger partial charge on any atom is 0.244 e. The van der Waals surface area contributed by atoms with Crippen LogP contribution in [0.5, 0.6) is 5.75 Å². The number of aryl methyl sites for hydroxylation is 1. The van der Waals surface area contributed by atoms with Crippen molar-refractivity contribution < 1.29 is 14.3 Å². The molecule has 2 rings (SSSR count). The second-order valence-electron chi connectivity index (χ2n) is 5.03. The second-order valence-corrected chi connectivity index (χ2v) is 5.03. The molecule has 0 aromatic heterocycles. The molecule has 2 amide bonds. The number of amides is 2. The van der Waals surface area contributed by atoms with Crippen LogP contribution in [-0.2, 0) is 9.59 Å². The van der Waals surface area contributed by atoms with Crippen molar-refractivity contribution in [3.63, 3.8) is 0 Å². The van der Waals surface area contributed by atoms with Crippen LogP contribution in [0.25, 0.3) is 0 Å². The molecule has 1 fully saturated rings. The van der Waals surface area contributed by atoms with Crippen LogP contribution in [0, 0.1) is 6.92 Å². The van der Waals surface area contributed by atoms with E-state index in [0.717, 1.165) is 11.3 Å². The maximum absolute atomic E-state index is 12.0. The maximum atomic E-state index is 12.0. The first-order chi connectivity index (χ1) is 9.56. The van der Waals surface area contributed by atoms with Crippen molar-refractivity contribution >= 4 is 11.8 Å². The van der Waals surface area contributed by atoms with Gasteiger partial charge < -0.3 is 15.0 Å². The summed E-state index contributed by atoms with van der Waals surface area (Å²) in [5.74, 6) is 0.672. The van der Waals surface area contributed by atoms with Gasteiger partial charge in [-0.3, -0.25) is 9.59 Å². The molecule has 1 N–H and O–H groups in total. The highest BCUT2D eigenvalue weighted by molar-refractivity contribution is 5.89. The Morgan fingerprint density at radius 1 is 1.40 bits per heavy atom. The largest absolute Gasteiger partial charge is 0.492 e. The van der Waals surface area contributed by atoms with E-state index in [4.69, 9.17) is 4.74 Å². The third-order valence-electron chi connectivity index (χ3n) is 3.29. The fourth-order valence-electron chi connectivity index (χ4n) is 2.20. The number of nitrogens with zero attached hydrogens (tertiary/aromatic N) is 1. The van der Waals surface area contributed by atoms with Crippen molar-refractivity contribution in [3.8, 4) is 5.75 Å². The minimum absolute atomic E-state index is 0.0521. The number of hydrogen-bond acceptors (Lipinski definition) is 3. The molecule has 0 radical (unpaired) electrons. The van der Waals surface area contributed by atoms with Crippen molar-refractivity contribution in [1.29, 1.82) is 0 Å². The molecule has 5 nitrogen and oxygen atoms in total. The standard InChI is InChI=1S/C15H20N2O3/c1-11-4-3-5-13(10-11)20-9-8-17-7-6-14(18)16-12(2)15(17)19/h3-5,10,12H,6-9H2,1-2H3,(H,16,18). The average molecular weight is 276 g/mol. The Labute approximate surface area is 118 Å². The van der Waals surface area contributed by atoms with Gasteiger partial charge in [0.2, 0.25) is 11.8 Å². The summed E-state index contributed by atoms with van der Waals surface area (Å²) < 4.78 is 5.64. The molecule has 1 aromatic rings. The van der Waals surface area contributed by atoms with Gasteiger partial charge in [0.15, 0.2) is 0 Å². The average Bonchev–Trinajstić information content (AvgIpc) is 2.52. The van der Waals surface area contributed by atoms with Gasteiger partial charge in [0.1, 0.15) is 18.4 Å². The van der Waals surface area contributed by atoms with Crippen molar-refractivity contribution in [2.24, 2.45) is 0 Å². The zero-order valence-electron chi connectivity index (χ0n) is 11.9. The van der Waals surface area contributed by atoms with Gasteiger partial charge >= 0.3 is 0 Å². The summed E-state index contributed by atoms with van der Waals surface area (Å²) in [4.78, 5) is 25.1. The lowest BCUT2D eigenvalue weighted by Gasteiger charge is -2.22. The van der Waals surface area contributed by atoms with Crippen molar-refractivity contribution in [2.75, 3.05) is 19.7 Å². The molecule has 5 heteroatoms. The van der Waals surface area contributed by atoms with Gasteiger partial charge in [0.25, 0.3) is 0 Å². The van der Waals surface area contributed by atoms with Crippen LogP contribution in [0.4, 0.5) is 0 Å². The van der Waals surface area contributed by atoms with Crippen molar-refractivity contribution in [3.05, 3.63) is 29.8 Å². The molecule has 1 saturated heterocycles. The molecule has 1 aromatic carbocycles. The van der Waals surface area contributed by atoms with E-state index in [9.17, 15) is 9.59 Å². The van der Waals surface area contributed by atoms with Gasteiger partial charge in [-0.2, -0.15) is 0 Å². The minimum atomic E-state index is -0.455. The lowest BCUT2D eigenvalue weighted by molar-refractivity contribution is -0.133. The Hall–Kier alpha value is -2.04. The number of ether oxygens (including phenoxy) is 1. The monoisotopic (exact) mass is 276 g/mol. The third-order valence-corrected chi connectivity index (χ3v) is 3.29. The van der Waals surface area contributed by atoms with Crippen LogP contribution < -0.4 is 10.1 Å². The van der Waals surface area contributed by atoms with E-state index in [0.29, 0.717) is 26.1 Å². The number of nitrogens with one attached hydrogen (secondary N) is 1. The van der Waals surface area contributed by atoms with Crippen LogP contribution in [0.2, 0.25) is 0 Å². The molecule has 1 atom stereocenters. The highest BCUT2D eigenvalue weighted by Gasteiger charge is 2.26. The molecule has 1 aliphatic heterocycles. The Morgan fingerprint density at radius 2 is 2.20 bits per heavy atom. The predicted octanol–water partition coefficient (Wildman–Crippen LogP) is 1.11. The molecule has 0 aliphatic carbocycles. The first kappa shape index (κ1) is 14.4. The van der Waals surface area contributed by atoms with Crippen LogP contribution in [0.15, 0.2) is 24.3 Å². The number of hydrogen-bond donors (Lipinski definition) is 1. The SMILES string of the molecule is Cc1cccc(OCCN2CCC(=O)NC(C)C2=O)c1. The molecule has 108 valence electrons. The molecule has 0 saturated carbocycles. The Morgan fingerprint density at radius 3 is 2.95 bits per heavy atom. The smallest absolute Gasteiger partial charge is 0.244 e. The van der Waals surface area contributed by atoms with Crippen LogP contribution in [0.1, 0.15) is 18.9 Å². The van der Waals surface area contributed by atoms with E-state index < -0.39 is 6.04 Å². The normalized spacial score (nSPS) is 19.5. The number of benzene rings is 1. The number of carbonyl (C=O) groups excluding carboxylic acids is 2. The summed E-state index contributed by atoms with van der Waals surface area (Å²) in [6.45, 7) is 5.08. The highest BCUT2D eigenvalue weighted by atomic mass is 16.5. The molecule has 1 aliphatic rings. The molecular formula is C15H20N2O3. The van der Waals surface area contributed by atoms with Gasteiger partial charge in [-0.15, -0.1) is 0 Å². The molecule has 0 spiro atoms. The summed E-state index contributed by atoms with van der Waals surface area (Å²) in [5, 5.41) is 2.67. The van der Waals surface area contributed by atoms with Crippen LogP contribution in [-0.4, -0.2) is 42.5 Å². The Kier molecular flexibility index (Phi) is 4.61. The molecule has 1 unspecified atom stereocenters. The first-order valence-electron chi connectivity index (χ1n) is 6.84. The molecule has 20 heavy (non-hydrogen) atoms. The van der Waals surface area contributed by atoms with E-state index in [1.807, 2.05) is 31.2 Å². The zero-order chi connectivity index (χ0) is 14.5. The number of rotatable bonds is 4. The van der Waals surface area contributed by atoms with E-state index in [2.05, 4.69) is 5.32 Å². The third kappa shape index (κ3) is 3.73. The fourth-order valence-corrected chi connectivity index (χ4v) is 2.20. The van der Waals surface area contributed by atoms with Gasteiger partial charge in [0.05, 0.1) is 6.54 Å². The van der Waals surface area contributed by atoms with Crippen LogP contribution >= 0.6 is 0 Å². The molecule has 0 bridgehead atoms. The quantitative estimate of drug-likeness (QED) is 0.896. The topological polar surface area (TPSA) is 58.6 Å². The highest BCUT2D eigenvalue weighted by Crippen LogP contribution is 2.12. The molecular weight excluding hydrogens is 256 g/mol. The van der Waals surface area contributed by atoms with Gasteiger partial charge in [0, 0.05) is 13.0 Å². The predicted molar refractivity (Wildman–Crippen MR) is 75.5 cm³/mol. The summed E-state index contributed by atoms with van der Waals surface area (Å²) >= 11 is 0. The van der Waals surface area contributed by atoms with Crippen LogP contribution in [0.3, 0.4) is 0 Å². The van der Waals surface area contributed by atoms with Crippen molar-refractivity contribution in [2.45, 2.75) is 26.3 Å². The van der Waals surface area contributed by atoms with Crippen molar-refractivity contribution in [1.82, 2.24) is 10.2 Å². The first-order valence-corrected chi connectivity index (χ1v) is 6.84. The van der Waals surface area contributed by atoms with Gasteiger partial charge in [-0.1, -0.05) is 12.1 Å². The van der Waals surface area contributed by atoms with Gasteiger partial charge in [-0.25, -0.2) is 0 Å². The summed E-state index contributed by atoms with van der Waals surface area (Å²) in [6.07, 6.45) is 0.348. The summed E-state index contributed by atoms with van der Waals surface area (Å²) in [6, 6.07) is 7.34. The minimum Gasteiger partial charge on any atom is -0.492 e. The van der Waals surface area contributed by atoms with E-state index in [1.165, 1.54) is 0 Å². The van der Waals surface area contributed by atoms with Gasteiger partial charge in [-0.05, 0) is 31.5 Å². The molecule has 1 heterocycles. The Balaban J connectivity index is 1.86. The second kappa shape index (κ2) is 6.41. The Bertz CT molecular complexity index is 502. The zero-order valence-corrected chi connectivity index (χ0v) is 11.9. The van der Waals surface area contributed by atoms with E-state index in [1.54, 1.807) is 11.8 Å². The van der Waals surface area contributed by atoms with E-state index in [-0.39, 0.29) is 11.8 Å². The van der Waals surface area contributed by atoms with E-state index >= 15 is 0 Å².